The second kappa shape index (κ2) is 12.2. The number of nitrogens with zero attached hydrogens (tertiary/aromatic N) is 4. The van der Waals surface area contributed by atoms with E-state index in [0.717, 1.165) is 48.6 Å². The second-order valence-corrected chi connectivity index (χ2v) is 8.53. The minimum Gasteiger partial charge on any atom is -0.490 e. The molecular formula is C27H34N4O4. The van der Waals surface area contributed by atoms with Crippen molar-refractivity contribution in [2.24, 2.45) is 0 Å². The maximum Gasteiger partial charge on any atom is 0.306 e. The van der Waals surface area contributed by atoms with Gasteiger partial charge in [-0.2, -0.15) is 0 Å². The maximum absolute atomic E-state index is 11.7. The van der Waals surface area contributed by atoms with E-state index in [1.807, 2.05) is 55.2 Å². The summed E-state index contributed by atoms with van der Waals surface area (Å²) < 4.78 is 18.8. The van der Waals surface area contributed by atoms with Crippen LogP contribution in [0.15, 0.2) is 54.9 Å². The Labute approximate surface area is 206 Å². The minimum atomic E-state index is -0.208. The van der Waals surface area contributed by atoms with Gasteiger partial charge in [0.2, 0.25) is 5.88 Å². The molecule has 0 unspecified atom stereocenters. The molecule has 2 aromatic heterocycles. The number of ether oxygens (including phenoxy) is 3. The van der Waals surface area contributed by atoms with Crippen molar-refractivity contribution in [1.29, 1.82) is 0 Å². The molecule has 0 spiro atoms. The molecule has 35 heavy (non-hydrogen) atoms. The van der Waals surface area contributed by atoms with Crippen molar-refractivity contribution in [2.75, 3.05) is 31.2 Å². The van der Waals surface area contributed by atoms with Crippen molar-refractivity contribution in [1.82, 2.24) is 14.8 Å². The number of aromatic nitrogens is 3. The number of esters is 1. The first kappa shape index (κ1) is 24.6. The van der Waals surface area contributed by atoms with Gasteiger partial charge in [0.25, 0.3) is 0 Å². The van der Waals surface area contributed by atoms with Gasteiger partial charge in [0, 0.05) is 50.3 Å². The molecule has 0 atom stereocenters. The summed E-state index contributed by atoms with van der Waals surface area (Å²) in [7, 11) is 0. The van der Waals surface area contributed by atoms with E-state index in [1.54, 1.807) is 0 Å². The highest BCUT2D eigenvalue weighted by Gasteiger charge is 2.21. The van der Waals surface area contributed by atoms with Crippen LogP contribution in [0.2, 0.25) is 0 Å². The summed E-state index contributed by atoms with van der Waals surface area (Å²) in [6, 6.07) is 14.2. The topological polar surface area (TPSA) is 78.7 Å². The molecule has 1 fully saturated rings. The van der Waals surface area contributed by atoms with E-state index in [1.165, 1.54) is 0 Å². The molecular weight excluding hydrogens is 444 g/mol. The average Bonchev–Trinajstić information content (AvgIpc) is 3.26. The van der Waals surface area contributed by atoms with E-state index in [4.69, 9.17) is 14.2 Å². The molecule has 0 bridgehead atoms. The van der Waals surface area contributed by atoms with Crippen LogP contribution < -0.4 is 14.4 Å². The number of piperidine rings is 1. The van der Waals surface area contributed by atoms with E-state index in [2.05, 4.69) is 33.2 Å². The molecule has 1 aromatic carbocycles. The standard InChI is InChI=1S/C27H34N4O4/c1-3-33-26(32)13-10-22-20-31(29-27(22)34-4-2)19-21-8-11-23(12-9-21)35-24-14-17-30(18-15-24)25-7-5-6-16-28-25/h5-9,11-12,16,20,24H,3-4,10,13-15,17-19H2,1-2H3. The maximum atomic E-state index is 11.7. The number of carbonyl (C=O) groups excluding carboxylic acids is 1. The molecule has 3 aromatic rings. The number of aryl methyl sites for hydroxylation is 1. The highest BCUT2D eigenvalue weighted by Crippen LogP contribution is 2.23. The van der Waals surface area contributed by atoms with E-state index >= 15 is 0 Å². The highest BCUT2D eigenvalue weighted by atomic mass is 16.5. The summed E-state index contributed by atoms with van der Waals surface area (Å²) in [5, 5.41) is 4.57. The number of pyridine rings is 1. The van der Waals surface area contributed by atoms with Crippen LogP contribution in [0.5, 0.6) is 11.6 Å². The van der Waals surface area contributed by atoms with Crippen LogP contribution in [-0.2, 0) is 22.5 Å². The average molecular weight is 479 g/mol. The first-order valence-corrected chi connectivity index (χ1v) is 12.4. The van der Waals surface area contributed by atoms with E-state index < -0.39 is 0 Å². The van der Waals surface area contributed by atoms with Crippen molar-refractivity contribution in [3.63, 3.8) is 0 Å². The summed E-state index contributed by atoms with van der Waals surface area (Å²) in [5.41, 5.74) is 2.03. The largest absolute Gasteiger partial charge is 0.490 e. The van der Waals surface area contributed by atoms with Crippen LogP contribution in [-0.4, -0.2) is 53.1 Å². The number of rotatable bonds is 11. The summed E-state index contributed by atoms with van der Waals surface area (Å²) in [5.74, 6) is 2.29. The lowest BCUT2D eigenvalue weighted by Gasteiger charge is -2.32. The van der Waals surface area contributed by atoms with Crippen LogP contribution in [0.25, 0.3) is 0 Å². The van der Waals surface area contributed by atoms with Gasteiger partial charge in [-0.1, -0.05) is 18.2 Å². The van der Waals surface area contributed by atoms with E-state index in [-0.39, 0.29) is 12.1 Å². The lowest BCUT2D eigenvalue weighted by atomic mass is 10.1. The molecule has 1 aliphatic rings. The Balaban J connectivity index is 1.29. The highest BCUT2D eigenvalue weighted by molar-refractivity contribution is 5.69. The number of carbonyl (C=O) groups is 1. The molecule has 8 heteroatoms. The smallest absolute Gasteiger partial charge is 0.306 e. The molecule has 0 radical (unpaired) electrons. The van der Waals surface area contributed by atoms with Crippen molar-refractivity contribution < 1.29 is 19.0 Å². The predicted octanol–water partition coefficient (Wildman–Crippen LogP) is 4.27. The molecule has 0 N–H and O–H groups in total. The van der Waals surface area contributed by atoms with Crippen LogP contribution in [0, 0.1) is 0 Å². The van der Waals surface area contributed by atoms with Gasteiger partial charge in [0.1, 0.15) is 17.7 Å². The molecule has 0 saturated carbocycles. The van der Waals surface area contributed by atoms with Crippen LogP contribution in [0.1, 0.15) is 44.2 Å². The third-order valence-electron chi connectivity index (χ3n) is 5.97. The van der Waals surface area contributed by atoms with Gasteiger partial charge in [-0.3, -0.25) is 9.48 Å². The Bertz CT molecular complexity index is 1060. The van der Waals surface area contributed by atoms with E-state index in [0.29, 0.717) is 38.5 Å². The number of benzene rings is 1. The molecule has 0 amide bonds. The fourth-order valence-electron chi connectivity index (χ4n) is 4.22. The number of anilines is 1. The molecule has 8 nitrogen and oxygen atoms in total. The fraction of sp³-hybridized carbons (Fsp3) is 0.444. The van der Waals surface area contributed by atoms with Crippen molar-refractivity contribution in [3.8, 4) is 11.6 Å². The van der Waals surface area contributed by atoms with Gasteiger partial charge in [0.05, 0.1) is 19.8 Å². The van der Waals surface area contributed by atoms with Gasteiger partial charge in [-0.15, -0.1) is 5.10 Å². The van der Waals surface area contributed by atoms with Crippen LogP contribution in [0.3, 0.4) is 0 Å². The van der Waals surface area contributed by atoms with Gasteiger partial charge in [0.15, 0.2) is 0 Å². The Morgan fingerprint density at radius 1 is 1.06 bits per heavy atom. The van der Waals surface area contributed by atoms with Crippen molar-refractivity contribution in [2.45, 2.75) is 52.2 Å². The Hall–Kier alpha value is -3.55. The number of hydrogen-bond donors (Lipinski definition) is 0. The Morgan fingerprint density at radius 3 is 2.54 bits per heavy atom. The Morgan fingerprint density at radius 2 is 1.86 bits per heavy atom. The zero-order valence-corrected chi connectivity index (χ0v) is 20.6. The van der Waals surface area contributed by atoms with Crippen molar-refractivity contribution >= 4 is 11.8 Å². The van der Waals surface area contributed by atoms with E-state index in [9.17, 15) is 4.79 Å². The summed E-state index contributed by atoms with van der Waals surface area (Å²) >= 11 is 0. The monoisotopic (exact) mass is 478 g/mol. The van der Waals surface area contributed by atoms with Crippen molar-refractivity contribution in [3.05, 3.63) is 66.0 Å². The normalized spacial score (nSPS) is 14.1. The molecule has 1 aliphatic heterocycles. The molecule has 1 saturated heterocycles. The van der Waals surface area contributed by atoms with Gasteiger partial charge < -0.3 is 19.1 Å². The Kier molecular flexibility index (Phi) is 8.59. The lowest BCUT2D eigenvalue weighted by Crippen LogP contribution is -2.38. The first-order valence-electron chi connectivity index (χ1n) is 12.4. The zero-order chi connectivity index (χ0) is 24.5. The summed E-state index contributed by atoms with van der Waals surface area (Å²) in [4.78, 5) is 18.5. The van der Waals surface area contributed by atoms with Crippen LogP contribution >= 0.6 is 0 Å². The predicted molar refractivity (Wildman–Crippen MR) is 134 cm³/mol. The summed E-state index contributed by atoms with van der Waals surface area (Å²) in [6.45, 7) is 7.15. The third-order valence-corrected chi connectivity index (χ3v) is 5.97. The first-order chi connectivity index (χ1) is 17.1. The molecule has 3 heterocycles. The lowest BCUT2D eigenvalue weighted by molar-refractivity contribution is -0.143. The fourth-order valence-corrected chi connectivity index (χ4v) is 4.22. The second-order valence-electron chi connectivity index (χ2n) is 8.53. The molecule has 186 valence electrons. The zero-order valence-electron chi connectivity index (χ0n) is 20.6. The summed E-state index contributed by atoms with van der Waals surface area (Å²) in [6.07, 6.45) is 6.80. The SMILES string of the molecule is CCOC(=O)CCc1cn(Cc2ccc(OC3CCN(c4ccccn4)CC3)cc2)nc1OCC. The number of hydrogen-bond acceptors (Lipinski definition) is 7. The third kappa shape index (κ3) is 6.97. The molecule has 4 rings (SSSR count). The van der Waals surface area contributed by atoms with Gasteiger partial charge in [-0.05, 0) is 50.1 Å². The molecule has 0 aliphatic carbocycles. The van der Waals surface area contributed by atoms with Crippen LogP contribution in [0.4, 0.5) is 5.82 Å². The quantitative estimate of drug-likeness (QED) is 0.381. The minimum absolute atomic E-state index is 0.208. The van der Waals surface area contributed by atoms with Gasteiger partial charge >= 0.3 is 5.97 Å². The van der Waals surface area contributed by atoms with Gasteiger partial charge in [-0.25, -0.2) is 4.98 Å².